The Morgan fingerprint density at radius 2 is 1.74 bits per heavy atom. The van der Waals surface area contributed by atoms with E-state index in [0.29, 0.717) is 17.4 Å². The van der Waals surface area contributed by atoms with Crippen molar-refractivity contribution >= 4 is 21.6 Å². The van der Waals surface area contributed by atoms with Gasteiger partial charge in [0.15, 0.2) is 0 Å². The summed E-state index contributed by atoms with van der Waals surface area (Å²) >= 11 is 3.49. The van der Waals surface area contributed by atoms with Crippen LogP contribution in [0, 0.1) is 6.92 Å². The van der Waals surface area contributed by atoms with Crippen LogP contribution in [0.2, 0.25) is 0 Å². The molecule has 0 amide bonds. The van der Waals surface area contributed by atoms with Gasteiger partial charge in [-0.15, -0.1) is 0 Å². The molecular weight excluding hydrogens is 302 g/mol. The van der Waals surface area contributed by atoms with Crippen molar-refractivity contribution in [2.75, 3.05) is 5.73 Å². The summed E-state index contributed by atoms with van der Waals surface area (Å²) in [5.41, 5.74) is 8.95. The minimum atomic E-state index is 0.388. The summed E-state index contributed by atoms with van der Waals surface area (Å²) in [5.74, 6) is 1.95. The summed E-state index contributed by atoms with van der Waals surface area (Å²) in [6.07, 6.45) is 0. The van der Waals surface area contributed by atoms with E-state index in [2.05, 4.69) is 35.8 Å². The minimum Gasteiger partial charge on any atom is -0.455 e. The molecule has 0 heterocycles. The second-order valence-electron chi connectivity index (χ2n) is 4.98. The molecule has 0 atom stereocenters. The van der Waals surface area contributed by atoms with Crippen molar-refractivity contribution in [1.29, 1.82) is 0 Å². The van der Waals surface area contributed by atoms with Crippen molar-refractivity contribution in [3.05, 3.63) is 52.0 Å². The van der Waals surface area contributed by atoms with Gasteiger partial charge in [-0.05, 0) is 54.3 Å². The van der Waals surface area contributed by atoms with Crippen LogP contribution in [-0.2, 0) is 0 Å². The normalized spacial score (nSPS) is 10.8. The lowest BCUT2D eigenvalue weighted by atomic mass is 10.0. The van der Waals surface area contributed by atoms with Gasteiger partial charge in [-0.2, -0.15) is 0 Å². The number of benzene rings is 2. The summed E-state index contributed by atoms with van der Waals surface area (Å²) in [6, 6.07) is 11.9. The number of rotatable bonds is 3. The first-order valence-electron chi connectivity index (χ1n) is 6.31. The number of nitrogen functional groups attached to an aromatic ring is 1. The largest absolute Gasteiger partial charge is 0.455 e. The van der Waals surface area contributed by atoms with Crippen LogP contribution in [0.1, 0.15) is 30.9 Å². The molecule has 0 radical (unpaired) electrons. The second-order valence-corrected chi connectivity index (χ2v) is 5.90. The molecule has 0 unspecified atom stereocenters. The Morgan fingerprint density at radius 1 is 1.05 bits per heavy atom. The molecule has 0 saturated carbocycles. The maximum Gasteiger partial charge on any atom is 0.150 e. The van der Waals surface area contributed by atoms with E-state index in [-0.39, 0.29) is 0 Å². The molecule has 0 spiro atoms. The van der Waals surface area contributed by atoms with Crippen LogP contribution in [-0.4, -0.2) is 0 Å². The van der Waals surface area contributed by atoms with Crippen molar-refractivity contribution in [3.8, 4) is 11.5 Å². The third-order valence-corrected chi connectivity index (χ3v) is 3.47. The highest BCUT2D eigenvalue weighted by Crippen LogP contribution is 2.35. The Kier molecular flexibility index (Phi) is 4.15. The van der Waals surface area contributed by atoms with E-state index in [1.54, 1.807) is 0 Å². The number of nitrogens with two attached hydrogens (primary N) is 1. The summed E-state index contributed by atoms with van der Waals surface area (Å²) in [5, 5.41) is 0. The summed E-state index contributed by atoms with van der Waals surface area (Å²) in [6.45, 7) is 6.31. The molecule has 2 rings (SSSR count). The van der Waals surface area contributed by atoms with Gasteiger partial charge in [0.25, 0.3) is 0 Å². The molecule has 0 aliphatic heterocycles. The monoisotopic (exact) mass is 319 g/mol. The number of ether oxygens (including phenoxy) is 1. The van der Waals surface area contributed by atoms with Crippen LogP contribution in [0.25, 0.3) is 0 Å². The van der Waals surface area contributed by atoms with Crippen LogP contribution in [0.4, 0.5) is 5.69 Å². The fraction of sp³-hybridized carbons (Fsp3) is 0.250. The van der Waals surface area contributed by atoms with Gasteiger partial charge in [0.1, 0.15) is 11.5 Å². The summed E-state index contributed by atoms with van der Waals surface area (Å²) in [4.78, 5) is 0. The molecule has 0 aliphatic carbocycles. The van der Waals surface area contributed by atoms with E-state index in [4.69, 9.17) is 10.5 Å². The lowest BCUT2D eigenvalue weighted by molar-refractivity contribution is 0.475. The molecule has 2 aromatic carbocycles. The maximum absolute atomic E-state index is 5.99. The first-order chi connectivity index (χ1) is 8.97. The number of hydrogen-bond acceptors (Lipinski definition) is 2. The van der Waals surface area contributed by atoms with Crippen molar-refractivity contribution < 1.29 is 4.74 Å². The predicted molar refractivity (Wildman–Crippen MR) is 83.9 cm³/mol. The zero-order valence-electron chi connectivity index (χ0n) is 11.4. The Balaban J connectivity index is 2.38. The highest BCUT2D eigenvalue weighted by Gasteiger charge is 2.11. The maximum atomic E-state index is 5.99. The average Bonchev–Trinajstić information content (AvgIpc) is 2.34. The Morgan fingerprint density at radius 3 is 2.37 bits per heavy atom. The van der Waals surface area contributed by atoms with E-state index in [1.165, 1.54) is 0 Å². The van der Waals surface area contributed by atoms with Crippen molar-refractivity contribution in [2.45, 2.75) is 26.7 Å². The fourth-order valence-corrected chi connectivity index (χ4v) is 2.32. The van der Waals surface area contributed by atoms with Crippen molar-refractivity contribution in [1.82, 2.24) is 0 Å². The van der Waals surface area contributed by atoms with Gasteiger partial charge in [-0.1, -0.05) is 35.8 Å². The van der Waals surface area contributed by atoms with Crippen molar-refractivity contribution in [3.63, 3.8) is 0 Å². The van der Waals surface area contributed by atoms with E-state index < -0.39 is 0 Å². The van der Waals surface area contributed by atoms with Gasteiger partial charge in [0, 0.05) is 4.47 Å². The Bertz CT molecular complexity index is 593. The van der Waals surface area contributed by atoms with E-state index in [9.17, 15) is 0 Å². The van der Waals surface area contributed by atoms with Gasteiger partial charge >= 0.3 is 0 Å². The zero-order valence-corrected chi connectivity index (χ0v) is 13.0. The number of halogens is 1. The third kappa shape index (κ3) is 3.29. The molecule has 2 aromatic rings. The Labute approximate surface area is 122 Å². The van der Waals surface area contributed by atoms with Crippen LogP contribution in [0.15, 0.2) is 40.9 Å². The van der Waals surface area contributed by atoms with E-state index in [0.717, 1.165) is 21.3 Å². The standard InChI is InChI=1S/C16H18BrNO/c1-10(2)13-9-12(17)5-7-15(13)19-16-6-4-11(3)8-14(16)18/h4-10H,18H2,1-3H3. The van der Waals surface area contributed by atoms with Crippen LogP contribution < -0.4 is 10.5 Å². The minimum absolute atomic E-state index is 0.388. The molecular formula is C16H18BrNO. The topological polar surface area (TPSA) is 35.2 Å². The van der Waals surface area contributed by atoms with Gasteiger partial charge in [0.05, 0.1) is 5.69 Å². The molecule has 0 aromatic heterocycles. The van der Waals surface area contributed by atoms with E-state index in [1.807, 2.05) is 37.3 Å². The quantitative estimate of drug-likeness (QED) is 0.783. The molecule has 2 nitrogen and oxygen atoms in total. The van der Waals surface area contributed by atoms with E-state index >= 15 is 0 Å². The average molecular weight is 320 g/mol. The van der Waals surface area contributed by atoms with Crippen LogP contribution in [0.5, 0.6) is 11.5 Å². The molecule has 100 valence electrons. The number of aryl methyl sites for hydroxylation is 1. The highest BCUT2D eigenvalue weighted by atomic mass is 79.9. The summed E-state index contributed by atoms with van der Waals surface area (Å²) in [7, 11) is 0. The first-order valence-corrected chi connectivity index (χ1v) is 7.10. The highest BCUT2D eigenvalue weighted by molar-refractivity contribution is 9.10. The molecule has 3 heteroatoms. The van der Waals surface area contributed by atoms with Gasteiger partial charge < -0.3 is 10.5 Å². The van der Waals surface area contributed by atoms with Crippen molar-refractivity contribution in [2.24, 2.45) is 0 Å². The second kappa shape index (κ2) is 5.66. The SMILES string of the molecule is Cc1ccc(Oc2ccc(Br)cc2C(C)C)c(N)c1. The molecule has 0 fully saturated rings. The molecule has 0 saturated heterocycles. The third-order valence-electron chi connectivity index (χ3n) is 2.98. The molecule has 19 heavy (non-hydrogen) atoms. The fourth-order valence-electron chi connectivity index (χ4n) is 1.94. The lowest BCUT2D eigenvalue weighted by Gasteiger charge is -2.15. The lowest BCUT2D eigenvalue weighted by Crippen LogP contribution is -1.97. The smallest absolute Gasteiger partial charge is 0.150 e. The van der Waals surface area contributed by atoms with Gasteiger partial charge in [-0.3, -0.25) is 0 Å². The van der Waals surface area contributed by atoms with Crippen LogP contribution in [0.3, 0.4) is 0 Å². The van der Waals surface area contributed by atoms with Gasteiger partial charge in [-0.25, -0.2) is 0 Å². The Hall–Kier alpha value is -1.48. The van der Waals surface area contributed by atoms with Gasteiger partial charge in [0.2, 0.25) is 0 Å². The summed E-state index contributed by atoms with van der Waals surface area (Å²) < 4.78 is 7.02. The number of hydrogen-bond donors (Lipinski definition) is 1. The number of anilines is 1. The predicted octanol–water partition coefficient (Wildman–Crippen LogP) is 5.26. The molecule has 0 aliphatic rings. The van der Waals surface area contributed by atoms with Crippen LogP contribution >= 0.6 is 15.9 Å². The molecule has 2 N–H and O–H groups in total. The molecule has 0 bridgehead atoms. The zero-order chi connectivity index (χ0) is 14.0. The first kappa shape index (κ1) is 13.9.